The van der Waals surface area contributed by atoms with Gasteiger partial charge in [-0.05, 0) is 43.5 Å². The van der Waals surface area contributed by atoms with E-state index < -0.39 is 18.0 Å². The summed E-state index contributed by atoms with van der Waals surface area (Å²) in [6, 6.07) is 13.7. The van der Waals surface area contributed by atoms with Gasteiger partial charge in [-0.2, -0.15) is 0 Å². The maximum Gasteiger partial charge on any atom is 0.338 e. The summed E-state index contributed by atoms with van der Waals surface area (Å²) < 4.78 is 16.7. The molecule has 8 nitrogen and oxygen atoms in total. The van der Waals surface area contributed by atoms with Gasteiger partial charge in [-0.3, -0.25) is 14.5 Å². The highest BCUT2D eigenvalue weighted by Gasteiger charge is 2.47. The smallest absolute Gasteiger partial charge is 0.338 e. The first-order valence-corrected chi connectivity index (χ1v) is 12.7. The minimum atomic E-state index is -0.761. The first-order valence-electron chi connectivity index (χ1n) is 11.8. The molecule has 2 aromatic rings. The van der Waals surface area contributed by atoms with Crippen molar-refractivity contribution in [1.29, 1.82) is 0 Å². The maximum atomic E-state index is 13.4. The van der Waals surface area contributed by atoms with Crippen LogP contribution in [0.15, 0.2) is 64.8 Å². The number of rotatable bonds is 8. The Morgan fingerprint density at radius 2 is 1.83 bits per heavy atom. The lowest BCUT2D eigenvalue weighted by Gasteiger charge is -2.33. The number of thioether (sulfide) groups is 1. The van der Waals surface area contributed by atoms with Crippen molar-refractivity contribution >= 4 is 34.8 Å². The lowest BCUT2D eigenvalue weighted by molar-refractivity contribution is -0.141. The monoisotopic (exact) mass is 508 g/mol. The molecule has 36 heavy (non-hydrogen) atoms. The van der Waals surface area contributed by atoms with Crippen LogP contribution in [0.3, 0.4) is 0 Å². The van der Waals surface area contributed by atoms with Crippen molar-refractivity contribution in [3.05, 3.63) is 70.9 Å². The Labute approximate surface area is 214 Å². The van der Waals surface area contributed by atoms with Crippen LogP contribution in [0.5, 0.6) is 11.5 Å². The van der Waals surface area contributed by atoms with Gasteiger partial charge in [0.1, 0.15) is 6.61 Å². The second kappa shape index (κ2) is 11.0. The SMILES string of the molecule is CCOc1cc([C@H]2C(C(=O)OCc3ccccc3)=C(C)N=C3S[C@@H](CC)C(=O)N32)ccc1OC(C)=O. The lowest BCUT2D eigenvalue weighted by Crippen LogP contribution is -2.40. The van der Waals surface area contributed by atoms with E-state index in [1.54, 1.807) is 30.0 Å². The molecule has 0 radical (unpaired) electrons. The van der Waals surface area contributed by atoms with Crippen LogP contribution in [-0.2, 0) is 25.7 Å². The van der Waals surface area contributed by atoms with Gasteiger partial charge in [0.05, 0.1) is 29.2 Å². The van der Waals surface area contributed by atoms with Gasteiger partial charge >= 0.3 is 11.9 Å². The highest BCUT2D eigenvalue weighted by Crippen LogP contribution is 2.45. The highest BCUT2D eigenvalue weighted by molar-refractivity contribution is 8.15. The summed E-state index contributed by atoms with van der Waals surface area (Å²) in [6.45, 7) is 7.25. The summed E-state index contributed by atoms with van der Waals surface area (Å²) in [6.07, 6.45) is 0.633. The topological polar surface area (TPSA) is 94.5 Å². The zero-order valence-electron chi connectivity index (χ0n) is 20.6. The molecule has 1 amide bonds. The molecule has 4 rings (SSSR count). The van der Waals surface area contributed by atoms with E-state index in [9.17, 15) is 14.4 Å². The zero-order chi connectivity index (χ0) is 25.8. The normalized spacial score (nSPS) is 19.1. The van der Waals surface area contributed by atoms with E-state index in [0.717, 1.165) is 5.56 Å². The maximum absolute atomic E-state index is 13.4. The fourth-order valence-corrected chi connectivity index (χ4v) is 5.30. The molecule has 2 atom stereocenters. The number of amidine groups is 1. The number of ether oxygens (including phenoxy) is 3. The molecule has 0 N–H and O–H groups in total. The van der Waals surface area contributed by atoms with Crippen molar-refractivity contribution in [2.75, 3.05) is 6.61 Å². The highest BCUT2D eigenvalue weighted by atomic mass is 32.2. The van der Waals surface area contributed by atoms with Crippen molar-refractivity contribution in [3.8, 4) is 11.5 Å². The standard InChI is InChI=1S/C27H28N2O6S/c1-5-22-25(31)29-24(19-12-13-20(35-17(4)30)21(14-19)33-6-2)23(16(3)28-27(29)36-22)26(32)34-15-18-10-8-7-9-11-18/h7-14,22,24H,5-6,15H2,1-4H3/t22-,24-/m0/s1. The third-order valence-corrected chi connectivity index (χ3v) is 7.11. The first-order chi connectivity index (χ1) is 17.3. The number of carbonyl (C=O) groups is 3. The Balaban J connectivity index is 1.76. The van der Waals surface area contributed by atoms with Gasteiger partial charge in [0, 0.05) is 6.92 Å². The Bertz CT molecular complexity index is 1240. The summed E-state index contributed by atoms with van der Waals surface area (Å²) in [7, 11) is 0. The zero-order valence-corrected chi connectivity index (χ0v) is 21.5. The van der Waals surface area contributed by atoms with Gasteiger partial charge < -0.3 is 14.2 Å². The number of amides is 1. The van der Waals surface area contributed by atoms with Crippen molar-refractivity contribution < 1.29 is 28.6 Å². The number of carbonyl (C=O) groups excluding carboxylic acids is 3. The molecule has 1 fully saturated rings. The Morgan fingerprint density at radius 1 is 1.08 bits per heavy atom. The van der Waals surface area contributed by atoms with E-state index in [2.05, 4.69) is 4.99 Å². The number of esters is 2. The average Bonchev–Trinajstić information content (AvgIpc) is 3.18. The van der Waals surface area contributed by atoms with Crippen LogP contribution in [0, 0.1) is 0 Å². The van der Waals surface area contributed by atoms with E-state index >= 15 is 0 Å². The van der Waals surface area contributed by atoms with Gasteiger partial charge in [0.2, 0.25) is 5.91 Å². The Kier molecular flexibility index (Phi) is 7.79. The number of fused-ring (bicyclic) bond motifs is 1. The number of allylic oxidation sites excluding steroid dienone is 1. The molecule has 2 aliphatic heterocycles. The molecule has 2 aromatic carbocycles. The number of aliphatic imine (C=N–C) groups is 1. The molecule has 0 spiro atoms. The molecule has 188 valence electrons. The van der Waals surface area contributed by atoms with E-state index in [1.165, 1.54) is 18.7 Å². The van der Waals surface area contributed by atoms with E-state index in [4.69, 9.17) is 14.2 Å². The summed E-state index contributed by atoms with van der Waals surface area (Å²) in [5.74, 6) is -0.540. The summed E-state index contributed by atoms with van der Waals surface area (Å²) in [4.78, 5) is 44.6. The molecule has 9 heteroatoms. The Morgan fingerprint density at radius 3 is 2.50 bits per heavy atom. The summed E-state index contributed by atoms with van der Waals surface area (Å²) in [5, 5.41) is 0.265. The van der Waals surface area contributed by atoms with Crippen LogP contribution >= 0.6 is 11.8 Å². The molecule has 0 saturated carbocycles. The van der Waals surface area contributed by atoms with Crippen molar-refractivity contribution in [1.82, 2.24) is 4.90 Å². The number of hydrogen-bond donors (Lipinski definition) is 0. The van der Waals surface area contributed by atoms with E-state index in [0.29, 0.717) is 35.2 Å². The summed E-state index contributed by atoms with van der Waals surface area (Å²) in [5.41, 5.74) is 2.24. The fourth-order valence-electron chi connectivity index (χ4n) is 4.17. The predicted molar refractivity (Wildman–Crippen MR) is 137 cm³/mol. The molecule has 2 heterocycles. The minimum Gasteiger partial charge on any atom is -0.490 e. The fraction of sp³-hybridized carbons (Fsp3) is 0.333. The molecule has 0 aliphatic carbocycles. The van der Waals surface area contributed by atoms with Gasteiger partial charge in [0.15, 0.2) is 16.7 Å². The van der Waals surface area contributed by atoms with E-state index in [-0.39, 0.29) is 29.1 Å². The third kappa shape index (κ3) is 5.16. The first kappa shape index (κ1) is 25.5. The van der Waals surface area contributed by atoms with Crippen molar-refractivity contribution in [2.24, 2.45) is 4.99 Å². The van der Waals surface area contributed by atoms with E-state index in [1.807, 2.05) is 44.2 Å². The molecule has 1 saturated heterocycles. The summed E-state index contributed by atoms with van der Waals surface area (Å²) >= 11 is 1.39. The van der Waals surface area contributed by atoms with Crippen molar-refractivity contribution in [3.63, 3.8) is 0 Å². The molecular weight excluding hydrogens is 480 g/mol. The van der Waals surface area contributed by atoms with Crippen molar-refractivity contribution in [2.45, 2.75) is 52.0 Å². The predicted octanol–water partition coefficient (Wildman–Crippen LogP) is 4.79. The second-order valence-corrected chi connectivity index (χ2v) is 9.48. The molecule has 0 unspecified atom stereocenters. The van der Waals surface area contributed by atoms with Crippen LogP contribution in [0.2, 0.25) is 0 Å². The largest absolute Gasteiger partial charge is 0.490 e. The van der Waals surface area contributed by atoms with Gasteiger partial charge in [-0.15, -0.1) is 0 Å². The van der Waals surface area contributed by atoms with Crippen LogP contribution in [0.4, 0.5) is 0 Å². The van der Waals surface area contributed by atoms with Gasteiger partial charge in [-0.1, -0.05) is 55.1 Å². The van der Waals surface area contributed by atoms with Gasteiger partial charge in [0.25, 0.3) is 0 Å². The van der Waals surface area contributed by atoms with Crippen LogP contribution in [-0.4, -0.2) is 39.8 Å². The van der Waals surface area contributed by atoms with Crippen LogP contribution in [0.25, 0.3) is 0 Å². The molecule has 2 aliphatic rings. The molecule has 0 bridgehead atoms. The molecule has 0 aromatic heterocycles. The Hall–Kier alpha value is -3.59. The third-order valence-electron chi connectivity index (χ3n) is 5.79. The average molecular weight is 509 g/mol. The minimum absolute atomic E-state index is 0.0929. The quantitative estimate of drug-likeness (QED) is 0.374. The lowest BCUT2D eigenvalue weighted by atomic mass is 9.93. The van der Waals surface area contributed by atoms with Gasteiger partial charge in [-0.25, -0.2) is 9.79 Å². The number of benzene rings is 2. The molecular formula is C27H28N2O6S. The van der Waals surface area contributed by atoms with Crippen LogP contribution in [0.1, 0.15) is 51.3 Å². The second-order valence-electron chi connectivity index (χ2n) is 8.31. The number of nitrogens with zero attached hydrogens (tertiary/aromatic N) is 2. The van der Waals surface area contributed by atoms with Crippen LogP contribution < -0.4 is 9.47 Å². The number of hydrogen-bond acceptors (Lipinski definition) is 8.